The van der Waals surface area contributed by atoms with E-state index in [0.29, 0.717) is 5.56 Å². The Morgan fingerprint density at radius 2 is 1.91 bits per heavy atom. The van der Waals surface area contributed by atoms with E-state index >= 15 is 0 Å². The second-order valence-corrected chi connectivity index (χ2v) is 5.41. The lowest BCUT2D eigenvalue weighted by Gasteiger charge is -2.02. The molecule has 3 nitrogen and oxygen atoms in total. The van der Waals surface area contributed by atoms with Gasteiger partial charge in [0, 0.05) is 46.9 Å². The smallest absolute Gasteiger partial charge is 0.195 e. The van der Waals surface area contributed by atoms with Crippen molar-refractivity contribution in [1.82, 2.24) is 9.55 Å². The monoisotopic (exact) mass is 286 g/mol. The van der Waals surface area contributed by atoms with Gasteiger partial charge < -0.3 is 4.57 Å². The fourth-order valence-electron chi connectivity index (χ4n) is 2.89. The lowest BCUT2D eigenvalue weighted by atomic mass is 10.0. The van der Waals surface area contributed by atoms with Crippen LogP contribution in [0.3, 0.4) is 0 Å². The molecule has 2 aromatic carbocycles. The average molecular weight is 286 g/mol. The molecule has 0 N–H and O–H groups in total. The van der Waals surface area contributed by atoms with Gasteiger partial charge in [0.25, 0.3) is 0 Å². The first-order valence-electron chi connectivity index (χ1n) is 7.17. The Labute approximate surface area is 127 Å². The molecule has 0 aliphatic heterocycles. The second kappa shape index (κ2) is 4.81. The summed E-state index contributed by atoms with van der Waals surface area (Å²) in [6.45, 7) is 0. The van der Waals surface area contributed by atoms with Gasteiger partial charge in [0.05, 0.1) is 5.52 Å². The van der Waals surface area contributed by atoms with Crippen molar-refractivity contribution < 1.29 is 4.79 Å². The molecular formula is C19H14N2O. The predicted molar refractivity (Wildman–Crippen MR) is 88.1 cm³/mol. The molecule has 0 aliphatic rings. The zero-order valence-corrected chi connectivity index (χ0v) is 12.2. The SMILES string of the molecule is Cn1cc(C(=O)c2ccc3cccnc3c2)c2ccccc21. The zero-order chi connectivity index (χ0) is 15.1. The van der Waals surface area contributed by atoms with Crippen LogP contribution in [0.25, 0.3) is 21.8 Å². The van der Waals surface area contributed by atoms with Gasteiger partial charge in [-0.3, -0.25) is 9.78 Å². The highest BCUT2D eigenvalue weighted by Gasteiger charge is 2.15. The topological polar surface area (TPSA) is 34.9 Å². The molecule has 4 rings (SSSR count). The number of hydrogen-bond donors (Lipinski definition) is 0. The molecule has 0 bridgehead atoms. The van der Waals surface area contributed by atoms with E-state index in [1.807, 2.05) is 72.4 Å². The standard InChI is InChI=1S/C19H14N2O/c1-21-12-16(15-6-2-3-7-18(15)21)19(22)14-9-8-13-5-4-10-20-17(13)11-14/h2-12H,1H3. The Morgan fingerprint density at radius 1 is 1.05 bits per heavy atom. The lowest BCUT2D eigenvalue weighted by Crippen LogP contribution is -2.00. The van der Waals surface area contributed by atoms with Crippen LogP contribution in [0, 0.1) is 0 Å². The third-order valence-electron chi connectivity index (χ3n) is 4.01. The highest BCUT2D eigenvalue weighted by atomic mass is 16.1. The lowest BCUT2D eigenvalue weighted by molar-refractivity contribution is 0.104. The normalized spacial score (nSPS) is 11.1. The van der Waals surface area contributed by atoms with Gasteiger partial charge in [0.15, 0.2) is 5.78 Å². The van der Waals surface area contributed by atoms with Gasteiger partial charge >= 0.3 is 0 Å². The molecule has 2 heterocycles. The fraction of sp³-hybridized carbons (Fsp3) is 0.0526. The Kier molecular flexibility index (Phi) is 2.79. The minimum absolute atomic E-state index is 0.0318. The minimum atomic E-state index is 0.0318. The molecule has 3 heteroatoms. The van der Waals surface area contributed by atoms with E-state index in [1.165, 1.54) is 0 Å². The van der Waals surface area contributed by atoms with Crippen LogP contribution in [0.4, 0.5) is 0 Å². The van der Waals surface area contributed by atoms with Gasteiger partial charge in [-0.15, -0.1) is 0 Å². The number of pyridine rings is 1. The first kappa shape index (κ1) is 12.8. The zero-order valence-electron chi connectivity index (χ0n) is 12.2. The number of carbonyl (C=O) groups excluding carboxylic acids is 1. The van der Waals surface area contributed by atoms with Crippen molar-refractivity contribution in [2.45, 2.75) is 0 Å². The van der Waals surface area contributed by atoms with Gasteiger partial charge in [-0.2, -0.15) is 0 Å². The molecular weight excluding hydrogens is 272 g/mol. The van der Waals surface area contributed by atoms with E-state index in [4.69, 9.17) is 0 Å². The summed E-state index contributed by atoms with van der Waals surface area (Å²) in [6, 6.07) is 17.5. The van der Waals surface area contributed by atoms with E-state index in [-0.39, 0.29) is 5.78 Å². The Balaban J connectivity index is 1.88. The van der Waals surface area contributed by atoms with Crippen LogP contribution >= 0.6 is 0 Å². The number of carbonyl (C=O) groups is 1. The number of aryl methyl sites for hydroxylation is 1. The van der Waals surface area contributed by atoms with Crippen LogP contribution < -0.4 is 0 Å². The number of aromatic nitrogens is 2. The van der Waals surface area contributed by atoms with Crippen molar-refractivity contribution in [1.29, 1.82) is 0 Å². The molecule has 0 saturated carbocycles. The molecule has 0 radical (unpaired) electrons. The van der Waals surface area contributed by atoms with Gasteiger partial charge in [-0.25, -0.2) is 0 Å². The first-order chi connectivity index (χ1) is 10.7. The van der Waals surface area contributed by atoms with Crippen molar-refractivity contribution in [3.05, 3.63) is 78.1 Å². The largest absolute Gasteiger partial charge is 0.350 e. The number of fused-ring (bicyclic) bond motifs is 2. The van der Waals surface area contributed by atoms with Crippen molar-refractivity contribution in [2.75, 3.05) is 0 Å². The number of benzene rings is 2. The maximum atomic E-state index is 12.9. The molecule has 0 unspecified atom stereocenters. The van der Waals surface area contributed by atoms with Gasteiger partial charge in [0.2, 0.25) is 0 Å². The van der Waals surface area contributed by atoms with Crippen LogP contribution in [0.15, 0.2) is 67.0 Å². The van der Waals surface area contributed by atoms with Gasteiger partial charge in [0.1, 0.15) is 0 Å². The number of ketones is 1. The van der Waals surface area contributed by atoms with Crippen molar-refractivity contribution >= 4 is 27.6 Å². The Hall–Kier alpha value is -2.94. The van der Waals surface area contributed by atoms with E-state index in [0.717, 1.165) is 27.4 Å². The number of rotatable bonds is 2. The maximum Gasteiger partial charge on any atom is 0.195 e. The molecule has 2 aromatic heterocycles. The summed E-state index contributed by atoms with van der Waals surface area (Å²) in [6.07, 6.45) is 3.64. The quantitative estimate of drug-likeness (QED) is 0.523. The second-order valence-electron chi connectivity index (χ2n) is 5.41. The Bertz CT molecular complexity index is 1010. The summed E-state index contributed by atoms with van der Waals surface area (Å²) in [4.78, 5) is 17.2. The van der Waals surface area contributed by atoms with Crippen LogP contribution in [-0.4, -0.2) is 15.3 Å². The van der Waals surface area contributed by atoms with Crippen molar-refractivity contribution in [3.8, 4) is 0 Å². The molecule has 0 spiro atoms. The molecule has 4 aromatic rings. The average Bonchev–Trinajstić information content (AvgIpc) is 2.91. The van der Waals surface area contributed by atoms with E-state index in [2.05, 4.69) is 4.98 Å². The molecule has 22 heavy (non-hydrogen) atoms. The summed E-state index contributed by atoms with van der Waals surface area (Å²) in [7, 11) is 1.96. The Morgan fingerprint density at radius 3 is 2.82 bits per heavy atom. The molecule has 0 aliphatic carbocycles. The fourth-order valence-corrected chi connectivity index (χ4v) is 2.89. The van der Waals surface area contributed by atoms with Crippen LogP contribution in [0.2, 0.25) is 0 Å². The van der Waals surface area contributed by atoms with Crippen LogP contribution in [-0.2, 0) is 7.05 Å². The van der Waals surface area contributed by atoms with Crippen LogP contribution in [0.5, 0.6) is 0 Å². The molecule has 0 atom stereocenters. The summed E-state index contributed by atoms with van der Waals surface area (Å²) in [5, 5.41) is 2.02. The first-order valence-corrected chi connectivity index (χ1v) is 7.17. The molecule has 0 fully saturated rings. The third kappa shape index (κ3) is 1.91. The molecule has 106 valence electrons. The molecule has 0 amide bonds. The van der Waals surface area contributed by atoms with Crippen LogP contribution in [0.1, 0.15) is 15.9 Å². The highest BCUT2D eigenvalue weighted by Crippen LogP contribution is 2.24. The maximum absolute atomic E-state index is 12.9. The van der Waals surface area contributed by atoms with E-state index in [1.54, 1.807) is 6.20 Å². The summed E-state index contributed by atoms with van der Waals surface area (Å²) in [5.74, 6) is 0.0318. The van der Waals surface area contributed by atoms with E-state index < -0.39 is 0 Å². The number of hydrogen-bond acceptors (Lipinski definition) is 2. The van der Waals surface area contributed by atoms with Crippen molar-refractivity contribution in [3.63, 3.8) is 0 Å². The highest BCUT2D eigenvalue weighted by molar-refractivity contribution is 6.17. The van der Waals surface area contributed by atoms with Gasteiger partial charge in [-0.1, -0.05) is 36.4 Å². The third-order valence-corrected chi connectivity index (χ3v) is 4.01. The van der Waals surface area contributed by atoms with E-state index in [9.17, 15) is 4.79 Å². The van der Waals surface area contributed by atoms with Crippen molar-refractivity contribution in [2.24, 2.45) is 7.05 Å². The summed E-state index contributed by atoms with van der Waals surface area (Å²) >= 11 is 0. The molecule has 0 saturated heterocycles. The predicted octanol–water partition coefficient (Wildman–Crippen LogP) is 3.96. The minimum Gasteiger partial charge on any atom is -0.350 e. The number of para-hydroxylation sites is 1. The van der Waals surface area contributed by atoms with Gasteiger partial charge in [-0.05, 0) is 18.2 Å². The summed E-state index contributed by atoms with van der Waals surface area (Å²) < 4.78 is 1.99. The summed E-state index contributed by atoms with van der Waals surface area (Å²) in [5.41, 5.74) is 3.30. The number of nitrogens with zero attached hydrogens (tertiary/aromatic N) is 2.